The summed E-state index contributed by atoms with van der Waals surface area (Å²) in [5, 5.41) is 2.80. The normalized spacial score (nSPS) is 16.1. The summed E-state index contributed by atoms with van der Waals surface area (Å²) in [5.74, 6) is 1.06. The molecular weight excluding hydrogens is 244 g/mol. The Balaban J connectivity index is 2.28. The van der Waals surface area contributed by atoms with Gasteiger partial charge in [-0.05, 0) is 6.92 Å². The fourth-order valence-electron chi connectivity index (χ4n) is 1.75. The quantitative estimate of drug-likeness (QED) is 0.902. The highest BCUT2D eigenvalue weighted by Crippen LogP contribution is 2.24. The Labute approximate surface area is 104 Å². The first kappa shape index (κ1) is 12.4. The molecule has 0 unspecified atom stereocenters. The molecule has 2 heterocycles. The van der Waals surface area contributed by atoms with Crippen LogP contribution in [0.25, 0.3) is 0 Å². The van der Waals surface area contributed by atoms with Gasteiger partial charge in [-0.1, -0.05) is 0 Å². The van der Waals surface area contributed by atoms with Gasteiger partial charge in [-0.15, -0.1) is 0 Å². The van der Waals surface area contributed by atoms with Crippen molar-refractivity contribution >= 4 is 23.4 Å². The zero-order chi connectivity index (χ0) is 12.3. The molecule has 6 heteroatoms. The van der Waals surface area contributed by atoms with E-state index in [0.29, 0.717) is 6.54 Å². The van der Waals surface area contributed by atoms with Crippen LogP contribution in [0.15, 0.2) is 6.07 Å². The SMILES string of the molecule is CCNc1nc(N2CCSCC2)c(F)cc1F. The van der Waals surface area contributed by atoms with Crippen molar-refractivity contribution in [2.45, 2.75) is 6.92 Å². The van der Waals surface area contributed by atoms with Gasteiger partial charge >= 0.3 is 0 Å². The standard InChI is InChI=1S/C11H15F2N3S/c1-2-14-10-8(12)7-9(13)11(15-10)16-3-5-17-6-4-16/h7H,2-6H2,1H3,(H,14,15). The maximum atomic E-state index is 13.7. The number of anilines is 2. The minimum Gasteiger partial charge on any atom is -0.368 e. The van der Waals surface area contributed by atoms with Crippen LogP contribution in [0.3, 0.4) is 0 Å². The first-order chi connectivity index (χ1) is 8.22. The Kier molecular flexibility index (Phi) is 4.04. The van der Waals surface area contributed by atoms with Crippen LogP contribution in [-0.2, 0) is 0 Å². The molecule has 0 aliphatic carbocycles. The molecule has 1 N–H and O–H groups in total. The first-order valence-electron chi connectivity index (χ1n) is 5.65. The lowest BCUT2D eigenvalue weighted by Crippen LogP contribution is -2.34. The largest absolute Gasteiger partial charge is 0.368 e. The number of aromatic nitrogens is 1. The monoisotopic (exact) mass is 259 g/mol. The molecule has 1 saturated heterocycles. The number of nitrogens with zero attached hydrogens (tertiary/aromatic N) is 2. The summed E-state index contributed by atoms with van der Waals surface area (Å²) in [5.41, 5.74) is 0. The Bertz CT molecular complexity index is 395. The van der Waals surface area contributed by atoms with Gasteiger partial charge in [0.1, 0.15) is 0 Å². The molecule has 1 aromatic heterocycles. The summed E-state index contributed by atoms with van der Waals surface area (Å²) < 4.78 is 27.1. The van der Waals surface area contributed by atoms with Crippen LogP contribution in [-0.4, -0.2) is 36.1 Å². The van der Waals surface area contributed by atoms with Crippen molar-refractivity contribution in [1.82, 2.24) is 4.98 Å². The van der Waals surface area contributed by atoms with Crippen LogP contribution in [0, 0.1) is 11.6 Å². The van der Waals surface area contributed by atoms with Crippen LogP contribution in [0.5, 0.6) is 0 Å². The van der Waals surface area contributed by atoms with Gasteiger partial charge in [0.2, 0.25) is 0 Å². The Morgan fingerprint density at radius 1 is 1.35 bits per heavy atom. The molecule has 1 aromatic rings. The topological polar surface area (TPSA) is 28.2 Å². The van der Waals surface area contributed by atoms with Crippen molar-refractivity contribution < 1.29 is 8.78 Å². The number of pyridine rings is 1. The molecule has 2 rings (SSSR count). The lowest BCUT2D eigenvalue weighted by molar-refractivity contribution is 0.571. The maximum Gasteiger partial charge on any atom is 0.168 e. The molecule has 0 atom stereocenters. The van der Waals surface area contributed by atoms with Crippen LogP contribution in [0.1, 0.15) is 6.92 Å². The molecule has 0 amide bonds. The predicted molar refractivity (Wildman–Crippen MR) is 67.9 cm³/mol. The fraction of sp³-hybridized carbons (Fsp3) is 0.545. The highest BCUT2D eigenvalue weighted by molar-refractivity contribution is 7.99. The minimum absolute atomic E-state index is 0.127. The molecule has 1 fully saturated rings. The fourth-order valence-corrected chi connectivity index (χ4v) is 2.65. The highest BCUT2D eigenvalue weighted by atomic mass is 32.2. The molecule has 94 valence electrons. The summed E-state index contributed by atoms with van der Waals surface area (Å²) in [6.07, 6.45) is 0. The summed E-state index contributed by atoms with van der Waals surface area (Å²) >= 11 is 1.84. The molecule has 1 aliphatic rings. The van der Waals surface area contributed by atoms with Gasteiger partial charge in [-0.2, -0.15) is 11.8 Å². The van der Waals surface area contributed by atoms with Crippen molar-refractivity contribution in [3.63, 3.8) is 0 Å². The molecular formula is C11H15F2N3S. The highest BCUT2D eigenvalue weighted by Gasteiger charge is 2.19. The second kappa shape index (κ2) is 5.53. The van der Waals surface area contributed by atoms with Crippen molar-refractivity contribution in [2.75, 3.05) is 41.4 Å². The smallest absolute Gasteiger partial charge is 0.168 e. The van der Waals surface area contributed by atoms with Crippen LogP contribution >= 0.6 is 11.8 Å². The van der Waals surface area contributed by atoms with Crippen molar-refractivity contribution in [3.05, 3.63) is 17.7 Å². The molecule has 0 spiro atoms. The Hall–Kier alpha value is -1.04. The first-order valence-corrected chi connectivity index (χ1v) is 6.80. The number of nitrogens with one attached hydrogen (secondary N) is 1. The predicted octanol–water partition coefficient (Wildman–Crippen LogP) is 2.34. The number of thioether (sulfide) groups is 1. The molecule has 0 saturated carbocycles. The summed E-state index contributed by atoms with van der Waals surface area (Å²) in [7, 11) is 0. The number of rotatable bonds is 3. The van der Waals surface area contributed by atoms with Gasteiger partial charge in [-0.3, -0.25) is 0 Å². The molecule has 0 bridgehead atoms. The van der Waals surface area contributed by atoms with Gasteiger partial charge in [0.25, 0.3) is 0 Å². The lowest BCUT2D eigenvalue weighted by Gasteiger charge is -2.28. The Morgan fingerprint density at radius 3 is 2.71 bits per heavy atom. The summed E-state index contributed by atoms with van der Waals surface area (Å²) in [6, 6.07) is 0.905. The average molecular weight is 259 g/mol. The third kappa shape index (κ3) is 2.80. The zero-order valence-electron chi connectivity index (χ0n) is 9.67. The molecule has 1 aliphatic heterocycles. The van der Waals surface area contributed by atoms with Crippen LogP contribution in [0.2, 0.25) is 0 Å². The van der Waals surface area contributed by atoms with E-state index < -0.39 is 11.6 Å². The molecule has 0 aromatic carbocycles. The zero-order valence-corrected chi connectivity index (χ0v) is 10.5. The van der Waals surface area contributed by atoms with Crippen molar-refractivity contribution in [1.29, 1.82) is 0 Å². The van der Waals surface area contributed by atoms with E-state index in [1.807, 2.05) is 23.6 Å². The van der Waals surface area contributed by atoms with E-state index in [0.717, 1.165) is 30.7 Å². The molecule has 3 nitrogen and oxygen atoms in total. The van der Waals surface area contributed by atoms with Crippen LogP contribution < -0.4 is 10.2 Å². The second-order valence-electron chi connectivity index (χ2n) is 3.75. The third-order valence-corrected chi connectivity index (χ3v) is 3.51. The Morgan fingerprint density at radius 2 is 2.06 bits per heavy atom. The van der Waals surface area contributed by atoms with E-state index in [4.69, 9.17) is 0 Å². The van der Waals surface area contributed by atoms with E-state index in [1.165, 1.54) is 0 Å². The van der Waals surface area contributed by atoms with Crippen molar-refractivity contribution in [3.8, 4) is 0 Å². The maximum absolute atomic E-state index is 13.7. The van der Waals surface area contributed by atoms with E-state index in [1.54, 1.807) is 0 Å². The molecule has 17 heavy (non-hydrogen) atoms. The minimum atomic E-state index is -0.639. The molecule has 0 radical (unpaired) electrons. The lowest BCUT2D eigenvalue weighted by atomic mass is 10.3. The van der Waals surface area contributed by atoms with E-state index in [9.17, 15) is 8.78 Å². The van der Waals surface area contributed by atoms with E-state index >= 15 is 0 Å². The van der Waals surface area contributed by atoms with E-state index in [2.05, 4.69) is 10.3 Å². The second-order valence-corrected chi connectivity index (χ2v) is 4.98. The van der Waals surface area contributed by atoms with Crippen LogP contribution in [0.4, 0.5) is 20.4 Å². The third-order valence-electron chi connectivity index (χ3n) is 2.57. The van der Waals surface area contributed by atoms with Gasteiger partial charge < -0.3 is 10.2 Å². The van der Waals surface area contributed by atoms with Gasteiger partial charge in [0.05, 0.1) is 0 Å². The summed E-state index contributed by atoms with van der Waals surface area (Å²) in [6.45, 7) is 3.92. The number of hydrogen-bond donors (Lipinski definition) is 1. The average Bonchev–Trinajstić information content (AvgIpc) is 2.34. The number of hydrogen-bond acceptors (Lipinski definition) is 4. The van der Waals surface area contributed by atoms with Gasteiger partial charge in [-0.25, -0.2) is 13.8 Å². The number of halogens is 2. The van der Waals surface area contributed by atoms with Gasteiger partial charge in [0.15, 0.2) is 23.3 Å². The van der Waals surface area contributed by atoms with Gasteiger partial charge in [0, 0.05) is 37.2 Å². The van der Waals surface area contributed by atoms with Crippen molar-refractivity contribution in [2.24, 2.45) is 0 Å². The summed E-state index contributed by atoms with van der Waals surface area (Å²) in [4.78, 5) is 5.91. The van der Waals surface area contributed by atoms with E-state index in [-0.39, 0.29) is 11.6 Å².